The van der Waals surface area contributed by atoms with Crippen molar-refractivity contribution in [3.8, 4) is 0 Å². The Bertz CT molecular complexity index is 914. The summed E-state index contributed by atoms with van der Waals surface area (Å²) < 4.78 is 0. The van der Waals surface area contributed by atoms with Gasteiger partial charge in [0.15, 0.2) is 0 Å². The molecule has 1 saturated heterocycles. The lowest BCUT2D eigenvalue weighted by Gasteiger charge is -2.35. The molecule has 1 fully saturated rings. The van der Waals surface area contributed by atoms with Gasteiger partial charge in [0.05, 0.1) is 5.39 Å². The highest BCUT2D eigenvalue weighted by Crippen LogP contribution is 2.40. The van der Waals surface area contributed by atoms with Gasteiger partial charge in [-0.2, -0.15) is 0 Å². The number of hydrogen-bond acceptors (Lipinski definition) is 7. The first kappa shape index (κ1) is 15.0. The summed E-state index contributed by atoms with van der Waals surface area (Å²) in [7, 11) is 0. The average Bonchev–Trinajstić information content (AvgIpc) is 3.22. The molecule has 5 rings (SSSR count). The van der Waals surface area contributed by atoms with Gasteiger partial charge in [-0.3, -0.25) is 0 Å². The minimum absolute atomic E-state index is 0.822. The molecule has 1 aliphatic heterocycles. The SMILES string of the molecule is Cc1nc(N2CCN(c3ncccn3)CC2)c2c3c(sc2n1)CCC3. The van der Waals surface area contributed by atoms with Crippen LogP contribution in [0, 0.1) is 6.92 Å². The number of thiophene rings is 1. The lowest BCUT2D eigenvalue weighted by molar-refractivity contribution is 0.635. The summed E-state index contributed by atoms with van der Waals surface area (Å²) in [6.07, 6.45) is 7.26. The van der Waals surface area contributed by atoms with Crippen LogP contribution in [0.5, 0.6) is 0 Å². The van der Waals surface area contributed by atoms with Crippen LogP contribution in [0.2, 0.25) is 0 Å². The molecule has 0 N–H and O–H groups in total. The zero-order chi connectivity index (χ0) is 16.8. The van der Waals surface area contributed by atoms with Crippen LogP contribution in [0.25, 0.3) is 10.2 Å². The van der Waals surface area contributed by atoms with E-state index in [0.717, 1.165) is 43.8 Å². The van der Waals surface area contributed by atoms with Crippen LogP contribution < -0.4 is 9.80 Å². The zero-order valence-electron chi connectivity index (χ0n) is 14.3. The van der Waals surface area contributed by atoms with Crippen LogP contribution in [0.3, 0.4) is 0 Å². The molecule has 128 valence electrons. The minimum Gasteiger partial charge on any atom is -0.352 e. The number of piperazine rings is 1. The van der Waals surface area contributed by atoms with Crippen molar-refractivity contribution in [1.82, 2.24) is 19.9 Å². The first-order chi connectivity index (χ1) is 12.3. The fourth-order valence-electron chi connectivity index (χ4n) is 3.88. The van der Waals surface area contributed by atoms with Crippen LogP contribution in [-0.4, -0.2) is 46.1 Å². The van der Waals surface area contributed by atoms with Crippen LogP contribution in [0.15, 0.2) is 18.5 Å². The number of aromatic nitrogens is 4. The highest BCUT2D eigenvalue weighted by Gasteiger charge is 2.26. The van der Waals surface area contributed by atoms with E-state index in [2.05, 4.69) is 19.8 Å². The summed E-state index contributed by atoms with van der Waals surface area (Å²) in [4.78, 5) is 25.7. The van der Waals surface area contributed by atoms with Crippen molar-refractivity contribution in [2.75, 3.05) is 36.0 Å². The lowest BCUT2D eigenvalue weighted by Crippen LogP contribution is -2.47. The van der Waals surface area contributed by atoms with Gasteiger partial charge in [-0.15, -0.1) is 11.3 Å². The van der Waals surface area contributed by atoms with Crippen LogP contribution in [-0.2, 0) is 12.8 Å². The normalized spacial score (nSPS) is 17.3. The molecule has 0 radical (unpaired) electrons. The van der Waals surface area contributed by atoms with Gasteiger partial charge in [-0.1, -0.05) is 0 Å². The van der Waals surface area contributed by atoms with Gasteiger partial charge in [-0.25, -0.2) is 19.9 Å². The molecule has 25 heavy (non-hydrogen) atoms. The second-order valence-electron chi connectivity index (χ2n) is 6.65. The Labute approximate surface area is 150 Å². The standard InChI is InChI=1S/C18H20N6S/c1-12-21-16(15-13-4-2-5-14(13)25-17(15)22-12)23-8-10-24(11-9-23)18-19-6-3-7-20-18/h3,6-7H,2,4-5,8-11H2,1H3. The fourth-order valence-corrected chi connectivity index (χ4v) is 5.18. The third-order valence-electron chi connectivity index (χ3n) is 5.07. The van der Waals surface area contributed by atoms with Crippen LogP contribution >= 0.6 is 11.3 Å². The molecule has 3 aromatic rings. The van der Waals surface area contributed by atoms with E-state index in [1.807, 2.05) is 24.3 Å². The predicted octanol–water partition coefficient (Wildman–Crippen LogP) is 2.61. The number of aryl methyl sites for hydroxylation is 3. The van der Waals surface area contributed by atoms with Crippen molar-refractivity contribution < 1.29 is 0 Å². The van der Waals surface area contributed by atoms with Crippen molar-refractivity contribution in [2.24, 2.45) is 0 Å². The summed E-state index contributed by atoms with van der Waals surface area (Å²) in [5.41, 5.74) is 1.50. The minimum atomic E-state index is 0.822. The van der Waals surface area contributed by atoms with Crippen molar-refractivity contribution in [3.63, 3.8) is 0 Å². The Hall–Kier alpha value is -2.28. The van der Waals surface area contributed by atoms with Gasteiger partial charge < -0.3 is 9.80 Å². The first-order valence-electron chi connectivity index (χ1n) is 8.85. The molecule has 0 bridgehead atoms. The predicted molar refractivity (Wildman–Crippen MR) is 101 cm³/mol. The Morgan fingerprint density at radius 1 is 0.960 bits per heavy atom. The van der Waals surface area contributed by atoms with E-state index >= 15 is 0 Å². The molecule has 0 aromatic carbocycles. The molecule has 0 amide bonds. The fraction of sp³-hybridized carbons (Fsp3) is 0.444. The molecule has 4 heterocycles. The summed E-state index contributed by atoms with van der Waals surface area (Å²) in [6.45, 7) is 5.71. The maximum atomic E-state index is 4.84. The Morgan fingerprint density at radius 2 is 1.72 bits per heavy atom. The molecule has 0 unspecified atom stereocenters. The molecular formula is C18H20N6S. The van der Waals surface area contributed by atoms with Crippen molar-refractivity contribution in [3.05, 3.63) is 34.7 Å². The summed E-state index contributed by atoms with van der Waals surface area (Å²) >= 11 is 1.87. The Kier molecular flexibility index (Phi) is 3.55. The second kappa shape index (κ2) is 5.91. The number of nitrogens with zero attached hydrogens (tertiary/aromatic N) is 6. The molecule has 0 saturated carbocycles. The smallest absolute Gasteiger partial charge is 0.225 e. The van der Waals surface area contributed by atoms with Gasteiger partial charge in [0.25, 0.3) is 0 Å². The van der Waals surface area contributed by atoms with E-state index in [9.17, 15) is 0 Å². The summed E-state index contributed by atoms with van der Waals surface area (Å²) in [5, 5.41) is 1.31. The van der Waals surface area contributed by atoms with Gasteiger partial charge in [0, 0.05) is 43.4 Å². The number of anilines is 2. The zero-order valence-corrected chi connectivity index (χ0v) is 15.1. The number of rotatable bonds is 2. The van der Waals surface area contributed by atoms with E-state index in [0.29, 0.717) is 0 Å². The molecule has 1 aliphatic carbocycles. The first-order valence-corrected chi connectivity index (χ1v) is 9.67. The Balaban J connectivity index is 1.46. The molecule has 0 atom stereocenters. The van der Waals surface area contributed by atoms with E-state index in [1.165, 1.54) is 39.9 Å². The topological polar surface area (TPSA) is 58.0 Å². The maximum Gasteiger partial charge on any atom is 0.225 e. The van der Waals surface area contributed by atoms with E-state index in [1.54, 1.807) is 12.4 Å². The van der Waals surface area contributed by atoms with Crippen LogP contribution in [0.4, 0.5) is 11.8 Å². The monoisotopic (exact) mass is 352 g/mol. The summed E-state index contributed by atoms with van der Waals surface area (Å²) in [6, 6.07) is 1.86. The third kappa shape index (κ3) is 2.54. The van der Waals surface area contributed by atoms with Crippen LogP contribution in [0.1, 0.15) is 22.7 Å². The van der Waals surface area contributed by atoms with Crippen molar-refractivity contribution >= 4 is 33.3 Å². The van der Waals surface area contributed by atoms with Gasteiger partial charge in [0.1, 0.15) is 16.5 Å². The maximum absolute atomic E-state index is 4.84. The molecule has 3 aromatic heterocycles. The van der Waals surface area contributed by atoms with Gasteiger partial charge in [0.2, 0.25) is 5.95 Å². The molecule has 7 heteroatoms. The largest absolute Gasteiger partial charge is 0.352 e. The quantitative estimate of drug-likeness (QED) is 0.707. The molecule has 2 aliphatic rings. The van der Waals surface area contributed by atoms with E-state index in [4.69, 9.17) is 9.97 Å². The number of hydrogen-bond donors (Lipinski definition) is 0. The average molecular weight is 352 g/mol. The van der Waals surface area contributed by atoms with Gasteiger partial charge in [-0.05, 0) is 37.8 Å². The Morgan fingerprint density at radius 3 is 2.52 bits per heavy atom. The lowest BCUT2D eigenvalue weighted by atomic mass is 10.1. The molecular weight excluding hydrogens is 332 g/mol. The number of fused-ring (bicyclic) bond motifs is 3. The van der Waals surface area contributed by atoms with Crippen molar-refractivity contribution in [2.45, 2.75) is 26.2 Å². The third-order valence-corrected chi connectivity index (χ3v) is 6.26. The highest BCUT2D eigenvalue weighted by atomic mass is 32.1. The highest BCUT2D eigenvalue weighted by molar-refractivity contribution is 7.19. The molecule has 6 nitrogen and oxygen atoms in total. The van der Waals surface area contributed by atoms with Gasteiger partial charge >= 0.3 is 0 Å². The van der Waals surface area contributed by atoms with E-state index < -0.39 is 0 Å². The van der Waals surface area contributed by atoms with Crippen molar-refractivity contribution in [1.29, 1.82) is 0 Å². The second-order valence-corrected chi connectivity index (χ2v) is 7.74. The summed E-state index contributed by atoms with van der Waals surface area (Å²) in [5.74, 6) is 2.83. The van der Waals surface area contributed by atoms with E-state index in [-0.39, 0.29) is 0 Å². The molecule has 0 spiro atoms.